The Bertz CT molecular complexity index is 965. The van der Waals surface area contributed by atoms with Crippen LogP contribution in [0.25, 0.3) is 10.2 Å². The minimum atomic E-state index is -0.319. The van der Waals surface area contributed by atoms with Crippen molar-refractivity contribution in [3.8, 4) is 0 Å². The van der Waals surface area contributed by atoms with Crippen LogP contribution in [0, 0.1) is 6.92 Å². The first-order chi connectivity index (χ1) is 13.7. The second kappa shape index (κ2) is 8.24. The van der Waals surface area contributed by atoms with Gasteiger partial charge in [-0.3, -0.25) is 4.90 Å². The van der Waals surface area contributed by atoms with Crippen molar-refractivity contribution in [3.63, 3.8) is 0 Å². The highest BCUT2D eigenvalue weighted by Gasteiger charge is 2.23. The number of nitrogens with zero attached hydrogens (tertiary/aromatic N) is 3. The summed E-state index contributed by atoms with van der Waals surface area (Å²) in [7, 11) is 1.40. The van der Waals surface area contributed by atoms with Gasteiger partial charge in [-0.25, -0.2) is 14.8 Å². The normalized spacial score (nSPS) is 15.6. The summed E-state index contributed by atoms with van der Waals surface area (Å²) >= 11 is 1.36. The Labute approximate surface area is 168 Å². The van der Waals surface area contributed by atoms with Crippen molar-refractivity contribution in [3.05, 3.63) is 52.7 Å². The fraction of sp³-hybridized carbons (Fsp3) is 0.381. The van der Waals surface area contributed by atoms with E-state index in [0.717, 1.165) is 54.1 Å². The van der Waals surface area contributed by atoms with E-state index >= 15 is 0 Å². The maximum Gasteiger partial charge on any atom is 0.348 e. The first-order valence-electron chi connectivity index (χ1n) is 9.51. The predicted octanol–water partition coefficient (Wildman–Crippen LogP) is 3.86. The van der Waals surface area contributed by atoms with Crippen molar-refractivity contribution in [2.75, 3.05) is 25.5 Å². The van der Waals surface area contributed by atoms with Crippen LogP contribution in [0.15, 0.2) is 36.7 Å². The molecule has 0 aliphatic carbocycles. The molecule has 1 fully saturated rings. The van der Waals surface area contributed by atoms with Gasteiger partial charge in [0, 0.05) is 25.7 Å². The summed E-state index contributed by atoms with van der Waals surface area (Å²) in [5, 5.41) is 4.53. The summed E-state index contributed by atoms with van der Waals surface area (Å²) in [6.45, 7) is 5.03. The number of fused-ring (bicyclic) bond motifs is 1. The Kier molecular flexibility index (Phi) is 5.54. The highest BCUT2D eigenvalue weighted by molar-refractivity contribution is 7.20. The second-order valence-corrected chi connectivity index (χ2v) is 8.13. The number of thiophene rings is 1. The van der Waals surface area contributed by atoms with Crippen LogP contribution in [0.4, 0.5) is 5.82 Å². The lowest BCUT2D eigenvalue weighted by molar-refractivity contribution is 0.0605. The summed E-state index contributed by atoms with van der Waals surface area (Å²) in [5.74, 6) is 0.496. The van der Waals surface area contributed by atoms with E-state index in [1.807, 2.05) is 6.92 Å². The van der Waals surface area contributed by atoms with E-state index in [-0.39, 0.29) is 5.97 Å². The minimum Gasteiger partial charge on any atom is -0.465 e. The van der Waals surface area contributed by atoms with Gasteiger partial charge in [-0.15, -0.1) is 11.3 Å². The van der Waals surface area contributed by atoms with Crippen molar-refractivity contribution in [2.24, 2.45) is 0 Å². The van der Waals surface area contributed by atoms with Gasteiger partial charge in [-0.05, 0) is 30.9 Å². The van der Waals surface area contributed by atoms with Crippen LogP contribution in [0.5, 0.6) is 0 Å². The van der Waals surface area contributed by atoms with Crippen LogP contribution in [0.2, 0.25) is 0 Å². The predicted molar refractivity (Wildman–Crippen MR) is 112 cm³/mol. The molecular weight excluding hydrogens is 372 g/mol. The second-order valence-electron chi connectivity index (χ2n) is 7.13. The molecule has 1 saturated heterocycles. The van der Waals surface area contributed by atoms with Gasteiger partial charge in [0.15, 0.2) is 0 Å². The van der Waals surface area contributed by atoms with Gasteiger partial charge in [-0.2, -0.15) is 0 Å². The molecule has 4 rings (SSSR count). The Morgan fingerprint density at radius 3 is 2.71 bits per heavy atom. The van der Waals surface area contributed by atoms with E-state index in [0.29, 0.717) is 10.9 Å². The Balaban J connectivity index is 1.44. The highest BCUT2D eigenvalue weighted by Crippen LogP contribution is 2.34. The summed E-state index contributed by atoms with van der Waals surface area (Å²) in [5.41, 5.74) is 2.24. The average Bonchev–Trinajstić information content (AvgIpc) is 3.07. The van der Waals surface area contributed by atoms with Crippen LogP contribution in [-0.4, -0.2) is 47.1 Å². The number of esters is 1. The zero-order chi connectivity index (χ0) is 19.5. The smallest absolute Gasteiger partial charge is 0.348 e. The number of piperidine rings is 1. The maximum atomic E-state index is 12.0. The lowest BCUT2D eigenvalue weighted by Gasteiger charge is -2.32. The number of aromatic nitrogens is 2. The van der Waals surface area contributed by atoms with Crippen molar-refractivity contribution in [1.29, 1.82) is 0 Å². The highest BCUT2D eigenvalue weighted by atomic mass is 32.1. The van der Waals surface area contributed by atoms with E-state index in [1.54, 1.807) is 6.33 Å². The molecule has 0 radical (unpaired) electrons. The number of aryl methyl sites for hydroxylation is 1. The van der Waals surface area contributed by atoms with Crippen molar-refractivity contribution in [1.82, 2.24) is 14.9 Å². The minimum absolute atomic E-state index is 0.319. The molecule has 3 heterocycles. The third kappa shape index (κ3) is 3.86. The number of methoxy groups -OCH3 is 1. The Hall–Kier alpha value is -2.51. The SMILES string of the molecule is COC(=O)c1sc2ncnc(NC3CCN(Cc4ccccc4)CC3)c2c1C. The number of hydrogen-bond donors (Lipinski definition) is 1. The van der Waals surface area contributed by atoms with Crippen LogP contribution >= 0.6 is 11.3 Å². The number of carbonyl (C=O) groups excluding carboxylic acids is 1. The summed E-state index contributed by atoms with van der Waals surface area (Å²) in [6, 6.07) is 11.0. The molecule has 28 heavy (non-hydrogen) atoms. The molecule has 1 N–H and O–H groups in total. The molecule has 0 bridgehead atoms. The lowest BCUT2D eigenvalue weighted by Crippen LogP contribution is -2.38. The van der Waals surface area contributed by atoms with Crippen molar-refractivity contribution < 1.29 is 9.53 Å². The van der Waals surface area contributed by atoms with E-state index in [1.165, 1.54) is 24.0 Å². The van der Waals surface area contributed by atoms with Crippen molar-refractivity contribution in [2.45, 2.75) is 32.4 Å². The van der Waals surface area contributed by atoms with Gasteiger partial charge < -0.3 is 10.1 Å². The van der Waals surface area contributed by atoms with Gasteiger partial charge in [-0.1, -0.05) is 30.3 Å². The van der Waals surface area contributed by atoms with E-state index in [9.17, 15) is 4.79 Å². The maximum absolute atomic E-state index is 12.0. The number of carbonyl (C=O) groups is 1. The fourth-order valence-electron chi connectivity index (χ4n) is 3.74. The first kappa shape index (κ1) is 18.8. The third-order valence-corrected chi connectivity index (χ3v) is 6.45. The molecule has 1 aliphatic heterocycles. The quantitative estimate of drug-likeness (QED) is 0.661. The van der Waals surface area contributed by atoms with Gasteiger partial charge in [0.05, 0.1) is 12.5 Å². The van der Waals surface area contributed by atoms with Gasteiger partial charge >= 0.3 is 5.97 Å². The summed E-state index contributed by atoms with van der Waals surface area (Å²) in [6.07, 6.45) is 3.68. The fourth-order valence-corrected chi connectivity index (χ4v) is 4.81. The molecule has 6 nitrogen and oxygen atoms in total. The number of ether oxygens (including phenoxy) is 1. The monoisotopic (exact) mass is 396 g/mol. The lowest BCUT2D eigenvalue weighted by atomic mass is 10.0. The molecule has 0 unspecified atom stereocenters. The number of anilines is 1. The number of rotatable bonds is 5. The molecule has 146 valence electrons. The topological polar surface area (TPSA) is 67.3 Å². The van der Waals surface area contributed by atoms with Gasteiger partial charge in [0.2, 0.25) is 0 Å². The summed E-state index contributed by atoms with van der Waals surface area (Å²) in [4.78, 5) is 24.7. The van der Waals surface area contributed by atoms with Crippen molar-refractivity contribution >= 4 is 33.3 Å². The number of benzene rings is 1. The average molecular weight is 397 g/mol. The molecular formula is C21H24N4O2S. The zero-order valence-corrected chi connectivity index (χ0v) is 17.0. The van der Waals surface area contributed by atoms with Crippen LogP contribution in [0.3, 0.4) is 0 Å². The Morgan fingerprint density at radius 2 is 2.00 bits per heavy atom. The largest absolute Gasteiger partial charge is 0.465 e. The molecule has 1 aliphatic rings. The first-order valence-corrected chi connectivity index (χ1v) is 10.3. The van der Waals surface area contributed by atoms with Gasteiger partial charge in [0.25, 0.3) is 0 Å². The number of likely N-dealkylation sites (tertiary alicyclic amines) is 1. The number of nitrogens with one attached hydrogen (secondary N) is 1. The van der Waals surface area contributed by atoms with Gasteiger partial charge in [0.1, 0.15) is 21.9 Å². The molecule has 3 aromatic rings. The standard InChI is InChI=1S/C21H24N4O2S/c1-14-17-19(22-13-23-20(17)28-18(14)21(26)27-2)24-16-8-10-25(11-9-16)12-15-6-4-3-5-7-15/h3-7,13,16H,8-12H2,1-2H3,(H,22,23,24). The zero-order valence-electron chi connectivity index (χ0n) is 16.1. The molecule has 0 atom stereocenters. The van der Waals surface area contributed by atoms with E-state index in [2.05, 4.69) is 50.5 Å². The Morgan fingerprint density at radius 1 is 1.25 bits per heavy atom. The van der Waals surface area contributed by atoms with Crippen LogP contribution in [0.1, 0.15) is 33.6 Å². The number of hydrogen-bond acceptors (Lipinski definition) is 7. The summed E-state index contributed by atoms with van der Waals surface area (Å²) < 4.78 is 4.89. The van der Waals surface area contributed by atoms with Crippen LogP contribution in [-0.2, 0) is 11.3 Å². The molecule has 0 amide bonds. The van der Waals surface area contributed by atoms with E-state index < -0.39 is 0 Å². The third-order valence-electron chi connectivity index (χ3n) is 5.28. The van der Waals surface area contributed by atoms with E-state index in [4.69, 9.17) is 4.74 Å². The van der Waals surface area contributed by atoms with Crippen LogP contribution < -0.4 is 5.32 Å². The molecule has 1 aromatic carbocycles. The molecule has 2 aromatic heterocycles. The molecule has 0 spiro atoms. The molecule has 0 saturated carbocycles. The molecule has 7 heteroatoms.